The Bertz CT molecular complexity index is 846. The first-order valence-electron chi connectivity index (χ1n) is 8.42. The lowest BCUT2D eigenvalue weighted by Crippen LogP contribution is -2.35. The van der Waals surface area contributed by atoms with E-state index in [0.717, 1.165) is 22.6 Å². The second-order valence-electron chi connectivity index (χ2n) is 7.05. The molecule has 2 aliphatic rings. The third-order valence-corrected chi connectivity index (χ3v) is 6.92. The predicted molar refractivity (Wildman–Crippen MR) is 101 cm³/mol. The Kier molecular flexibility index (Phi) is 4.75. The standard InChI is InChI=1S/C18H21N2O4PS/c1-18(2)11-23-25(26,20-10-13-4-3-7-19-9-13)24-17(18)14-5-6-15-16(8-14)22-12-21-15/h3-9,17H,10-12H2,1-2H3,(H,20,26)/t17-,25+/m0/s1. The highest BCUT2D eigenvalue weighted by molar-refractivity contribution is 8.09. The van der Waals surface area contributed by atoms with Crippen LogP contribution in [0.1, 0.15) is 31.1 Å². The molecule has 0 saturated carbocycles. The molecule has 26 heavy (non-hydrogen) atoms. The fourth-order valence-electron chi connectivity index (χ4n) is 3.00. The van der Waals surface area contributed by atoms with Gasteiger partial charge in [0.25, 0.3) is 6.64 Å². The van der Waals surface area contributed by atoms with E-state index in [1.807, 2.05) is 30.3 Å². The maximum Gasteiger partial charge on any atom is 0.262 e. The number of hydrogen-bond donors (Lipinski definition) is 1. The van der Waals surface area contributed by atoms with E-state index in [4.69, 9.17) is 30.3 Å². The van der Waals surface area contributed by atoms with Gasteiger partial charge in [0.05, 0.1) is 12.7 Å². The average Bonchev–Trinajstić information content (AvgIpc) is 3.11. The zero-order valence-corrected chi connectivity index (χ0v) is 16.4. The third kappa shape index (κ3) is 3.63. The van der Waals surface area contributed by atoms with Crippen molar-refractivity contribution >= 4 is 18.4 Å². The Morgan fingerprint density at radius 2 is 2.12 bits per heavy atom. The summed E-state index contributed by atoms with van der Waals surface area (Å²) in [5.41, 5.74) is 1.83. The number of nitrogens with zero attached hydrogens (tertiary/aromatic N) is 1. The van der Waals surface area contributed by atoms with Crippen molar-refractivity contribution in [2.24, 2.45) is 5.41 Å². The van der Waals surface area contributed by atoms with E-state index in [1.54, 1.807) is 12.4 Å². The minimum absolute atomic E-state index is 0.196. The molecule has 1 N–H and O–H groups in total. The summed E-state index contributed by atoms with van der Waals surface area (Å²) in [6, 6.07) is 9.78. The van der Waals surface area contributed by atoms with E-state index in [9.17, 15) is 0 Å². The molecule has 138 valence electrons. The zero-order valence-electron chi connectivity index (χ0n) is 14.7. The van der Waals surface area contributed by atoms with Crippen molar-refractivity contribution in [3.63, 3.8) is 0 Å². The Labute approximate surface area is 158 Å². The van der Waals surface area contributed by atoms with Crippen LogP contribution in [-0.2, 0) is 27.4 Å². The maximum atomic E-state index is 6.33. The van der Waals surface area contributed by atoms with Crippen LogP contribution in [-0.4, -0.2) is 18.4 Å². The third-order valence-electron chi connectivity index (χ3n) is 4.46. The topological polar surface area (TPSA) is 61.8 Å². The summed E-state index contributed by atoms with van der Waals surface area (Å²) in [5.74, 6) is 1.50. The molecule has 0 bridgehead atoms. The fraction of sp³-hybridized carbons (Fsp3) is 0.389. The summed E-state index contributed by atoms with van der Waals surface area (Å²) >= 11 is 5.71. The molecule has 0 aliphatic carbocycles. The van der Waals surface area contributed by atoms with Gasteiger partial charge in [-0.3, -0.25) is 4.98 Å². The van der Waals surface area contributed by atoms with Crippen molar-refractivity contribution < 1.29 is 18.5 Å². The molecule has 2 atom stereocenters. The number of ether oxygens (including phenoxy) is 2. The predicted octanol–water partition coefficient (Wildman–Crippen LogP) is 3.94. The molecule has 1 aromatic heterocycles. The molecule has 2 aliphatic heterocycles. The van der Waals surface area contributed by atoms with Crippen LogP contribution in [0, 0.1) is 5.41 Å². The average molecular weight is 392 g/mol. The lowest BCUT2D eigenvalue weighted by molar-refractivity contribution is -0.0152. The number of aromatic nitrogens is 1. The number of nitrogens with one attached hydrogen (secondary N) is 1. The molecule has 3 heterocycles. The molecule has 4 rings (SSSR count). The summed E-state index contributed by atoms with van der Waals surface area (Å²) in [7, 11) is 0. The second kappa shape index (κ2) is 6.91. The molecule has 0 amide bonds. The van der Waals surface area contributed by atoms with Crippen LogP contribution >= 0.6 is 6.64 Å². The molecule has 8 heteroatoms. The summed E-state index contributed by atoms with van der Waals surface area (Å²) in [5, 5.41) is 3.29. The van der Waals surface area contributed by atoms with Crippen LogP contribution in [0.15, 0.2) is 42.7 Å². The fourth-order valence-corrected chi connectivity index (χ4v) is 5.40. The summed E-state index contributed by atoms with van der Waals surface area (Å²) < 4.78 is 23.2. The smallest absolute Gasteiger partial charge is 0.262 e. The molecular weight excluding hydrogens is 371 g/mol. The van der Waals surface area contributed by atoms with Crippen molar-refractivity contribution in [2.45, 2.75) is 26.5 Å². The van der Waals surface area contributed by atoms with Gasteiger partial charge in [-0.25, -0.2) is 5.09 Å². The largest absolute Gasteiger partial charge is 0.454 e. The van der Waals surface area contributed by atoms with Gasteiger partial charge in [-0.05, 0) is 41.1 Å². The molecule has 2 aromatic rings. The van der Waals surface area contributed by atoms with Gasteiger partial charge < -0.3 is 18.5 Å². The summed E-state index contributed by atoms with van der Waals surface area (Å²) in [6.07, 6.45) is 3.35. The van der Waals surface area contributed by atoms with E-state index in [-0.39, 0.29) is 18.3 Å². The number of benzene rings is 1. The van der Waals surface area contributed by atoms with E-state index < -0.39 is 6.64 Å². The molecule has 0 radical (unpaired) electrons. The SMILES string of the molecule is CC1(C)CO[P@](=S)(NCc2cccnc2)O[C@H]1c1ccc2c(c1)OCO2. The van der Waals surface area contributed by atoms with Crippen molar-refractivity contribution in [1.82, 2.24) is 10.1 Å². The van der Waals surface area contributed by atoms with Crippen molar-refractivity contribution in [1.29, 1.82) is 0 Å². The highest BCUT2D eigenvalue weighted by Gasteiger charge is 2.43. The highest BCUT2D eigenvalue weighted by Crippen LogP contribution is 2.59. The minimum atomic E-state index is -2.62. The van der Waals surface area contributed by atoms with Crippen LogP contribution in [0.5, 0.6) is 11.5 Å². The molecule has 0 spiro atoms. The van der Waals surface area contributed by atoms with Crippen LogP contribution in [0.25, 0.3) is 0 Å². The zero-order chi connectivity index (χ0) is 18.2. The molecule has 6 nitrogen and oxygen atoms in total. The van der Waals surface area contributed by atoms with E-state index in [0.29, 0.717) is 13.2 Å². The van der Waals surface area contributed by atoms with Crippen LogP contribution < -0.4 is 14.6 Å². The van der Waals surface area contributed by atoms with Gasteiger partial charge in [0, 0.05) is 24.4 Å². The van der Waals surface area contributed by atoms with Crippen LogP contribution in [0.4, 0.5) is 0 Å². The molecule has 0 unspecified atom stereocenters. The normalized spacial score (nSPS) is 26.6. The van der Waals surface area contributed by atoms with Gasteiger partial charge in [0.15, 0.2) is 11.5 Å². The van der Waals surface area contributed by atoms with E-state index >= 15 is 0 Å². The second-order valence-corrected chi connectivity index (χ2v) is 10.3. The van der Waals surface area contributed by atoms with Gasteiger partial charge >= 0.3 is 0 Å². The monoisotopic (exact) mass is 392 g/mol. The first-order valence-corrected chi connectivity index (χ1v) is 11.1. The van der Waals surface area contributed by atoms with Crippen molar-refractivity contribution in [3.05, 3.63) is 53.9 Å². The molecular formula is C18H21N2O4PS. The number of pyridine rings is 1. The first-order chi connectivity index (χ1) is 12.5. The lowest BCUT2D eigenvalue weighted by atomic mass is 9.83. The van der Waals surface area contributed by atoms with Crippen LogP contribution in [0.2, 0.25) is 0 Å². The van der Waals surface area contributed by atoms with Gasteiger partial charge in [-0.1, -0.05) is 26.0 Å². The maximum absolute atomic E-state index is 6.33. The Balaban J connectivity index is 1.54. The first kappa shape index (κ1) is 17.9. The Morgan fingerprint density at radius 1 is 1.27 bits per heavy atom. The van der Waals surface area contributed by atoms with Crippen LogP contribution in [0.3, 0.4) is 0 Å². The van der Waals surface area contributed by atoms with E-state index in [2.05, 4.69) is 23.9 Å². The lowest BCUT2D eigenvalue weighted by Gasteiger charge is -2.43. The van der Waals surface area contributed by atoms with Gasteiger partial charge in [0.1, 0.15) is 0 Å². The summed E-state index contributed by atoms with van der Waals surface area (Å²) in [4.78, 5) is 4.12. The Morgan fingerprint density at radius 3 is 2.92 bits per heavy atom. The van der Waals surface area contributed by atoms with Crippen molar-refractivity contribution in [2.75, 3.05) is 13.4 Å². The molecule has 1 saturated heterocycles. The van der Waals surface area contributed by atoms with Gasteiger partial charge in [-0.15, -0.1) is 0 Å². The van der Waals surface area contributed by atoms with Crippen molar-refractivity contribution in [3.8, 4) is 11.5 Å². The number of hydrogen-bond acceptors (Lipinski definition) is 6. The van der Waals surface area contributed by atoms with E-state index in [1.165, 1.54) is 0 Å². The highest BCUT2D eigenvalue weighted by atomic mass is 32.5. The number of rotatable bonds is 4. The Hall–Kier alpha value is -1.50. The minimum Gasteiger partial charge on any atom is -0.454 e. The van der Waals surface area contributed by atoms with Gasteiger partial charge in [-0.2, -0.15) is 0 Å². The summed E-state index contributed by atoms with van der Waals surface area (Å²) in [6.45, 7) is 2.93. The molecule has 1 fully saturated rings. The molecule has 1 aromatic carbocycles. The quantitative estimate of drug-likeness (QED) is 0.791. The van der Waals surface area contributed by atoms with Gasteiger partial charge in [0.2, 0.25) is 6.79 Å². The number of fused-ring (bicyclic) bond motifs is 1.